The highest BCUT2D eigenvalue weighted by molar-refractivity contribution is 5.31. The molecule has 28 nitrogen and oxygen atoms in total. The van der Waals surface area contributed by atoms with Gasteiger partial charge in [-0.05, 0) is 99.7 Å². The third-order valence-electron chi connectivity index (χ3n) is 19.5. The van der Waals surface area contributed by atoms with Crippen LogP contribution in [0.25, 0.3) is 0 Å². The number of aliphatic hydroxyl groups is 22. The van der Waals surface area contributed by atoms with Crippen LogP contribution in [0.5, 0.6) is 0 Å². The zero-order chi connectivity index (χ0) is 65.5. The van der Waals surface area contributed by atoms with Crippen LogP contribution in [0.15, 0.2) is 69.2 Å². The second-order valence-electron chi connectivity index (χ2n) is 25.5. The fraction of sp³-hybridized carbons (Fsp3) is 0.797. The maximum atomic E-state index is 11.8. The van der Waals surface area contributed by atoms with Crippen LogP contribution in [-0.2, 0) is 28.4 Å². The quantitative estimate of drug-likeness (QED) is 0.0335. The lowest BCUT2D eigenvalue weighted by molar-refractivity contribution is -0.208. The van der Waals surface area contributed by atoms with Crippen molar-refractivity contribution in [1.29, 1.82) is 0 Å². The zero-order valence-electron chi connectivity index (χ0n) is 50.5. The first-order chi connectivity index (χ1) is 40.5. The van der Waals surface area contributed by atoms with Gasteiger partial charge >= 0.3 is 0 Å². The smallest absolute Gasteiger partial charge is 0.259 e. The Morgan fingerprint density at radius 3 is 1.77 bits per heavy atom. The molecule has 28 heteroatoms. The molecule has 0 aromatic heterocycles. The lowest BCUT2D eigenvalue weighted by Gasteiger charge is -2.66. The second kappa shape index (κ2) is 30.2. The predicted octanol–water partition coefficient (Wildman–Crippen LogP) is 2.21. The van der Waals surface area contributed by atoms with Crippen molar-refractivity contribution in [3.63, 3.8) is 0 Å². The topological polar surface area (TPSA) is 500 Å². The Morgan fingerprint density at radius 2 is 1.20 bits per heavy atom. The largest absolute Gasteiger partial charge is 0.506 e. The van der Waals surface area contributed by atoms with Gasteiger partial charge in [0.05, 0.1) is 24.4 Å². The molecule has 0 aromatic rings. The summed E-state index contributed by atoms with van der Waals surface area (Å²) in [7, 11) is 0. The molecule has 4 aliphatic carbocycles. The Morgan fingerprint density at radius 1 is 0.621 bits per heavy atom. The lowest BCUT2D eigenvalue weighted by atomic mass is 9.39. The predicted molar refractivity (Wildman–Crippen MR) is 303 cm³/mol. The van der Waals surface area contributed by atoms with Gasteiger partial charge in [-0.15, -0.1) is 0 Å². The average Bonchev–Trinajstić information content (AvgIpc) is 1.67. The van der Waals surface area contributed by atoms with Crippen molar-refractivity contribution in [2.75, 3.05) is 33.0 Å². The second-order valence-corrected chi connectivity index (χ2v) is 25.5. The maximum absolute atomic E-state index is 11.8. The van der Waals surface area contributed by atoms with Gasteiger partial charge < -0.3 is 141 Å². The molecule has 0 radical (unpaired) electrons. The first-order valence-electron chi connectivity index (χ1n) is 29.7. The highest BCUT2D eigenvalue weighted by Crippen LogP contribution is 2.75. The molecule has 0 bridgehead atoms. The Bertz CT molecular complexity index is 2470. The number of aliphatic hydroxyl groups excluding tert-OH is 21. The number of fused-ring (bicyclic) bond motifs is 5. The number of hydrogen-bond acceptors (Lipinski definition) is 28. The van der Waals surface area contributed by atoms with E-state index >= 15 is 0 Å². The molecule has 0 saturated heterocycles. The number of rotatable bonds is 26. The highest BCUT2D eigenvalue weighted by Gasteiger charge is 2.68. The van der Waals surface area contributed by atoms with E-state index in [1.54, 1.807) is 0 Å². The molecule has 87 heavy (non-hydrogen) atoms. The van der Waals surface area contributed by atoms with Crippen LogP contribution in [0.4, 0.5) is 0 Å². The van der Waals surface area contributed by atoms with Gasteiger partial charge in [-0.2, -0.15) is 0 Å². The molecule has 22 N–H and O–H groups in total. The molecular formula is C59H98O28. The summed E-state index contributed by atoms with van der Waals surface area (Å²) in [5.41, 5.74) is -2.71. The molecule has 0 amide bonds. The van der Waals surface area contributed by atoms with E-state index in [0.717, 1.165) is 5.57 Å². The molecule has 1 aliphatic heterocycles. The van der Waals surface area contributed by atoms with E-state index in [1.807, 2.05) is 13.8 Å². The average molecular weight is 1260 g/mol. The van der Waals surface area contributed by atoms with Crippen LogP contribution in [0, 0.1) is 39.4 Å². The maximum Gasteiger partial charge on any atom is 0.259 e. The normalized spacial score (nSPS) is 35.0. The van der Waals surface area contributed by atoms with Crippen molar-refractivity contribution in [3.05, 3.63) is 69.2 Å². The Balaban J connectivity index is 1.42. The summed E-state index contributed by atoms with van der Waals surface area (Å²) in [5, 5.41) is 232. The van der Waals surface area contributed by atoms with Crippen molar-refractivity contribution in [2.24, 2.45) is 39.4 Å². The number of hydrogen-bond donors (Lipinski definition) is 22. The molecular weight excluding hydrogens is 1160 g/mol. The van der Waals surface area contributed by atoms with Gasteiger partial charge in [0.15, 0.2) is 51.8 Å². The van der Waals surface area contributed by atoms with Gasteiger partial charge in [0.1, 0.15) is 36.6 Å². The van der Waals surface area contributed by atoms with Crippen molar-refractivity contribution >= 4 is 0 Å². The third kappa shape index (κ3) is 15.9. The molecule has 3 saturated carbocycles. The molecule has 0 aromatic carbocycles. The summed E-state index contributed by atoms with van der Waals surface area (Å²) in [5.74, 6) is -11.2. The number of allylic oxidation sites excluding steroid dienone is 1. The Kier molecular flexibility index (Phi) is 25.5. The molecule has 502 valence electrons. The molecule has 5 aliphatic rings. The fourth-order valence-electron chi connectivity index (χ4n) is 14.2. The van der Waals surface area contributed by atoms with Crippen molar-refractivity contribution < 1.29 is 141 Å². The van der Waals surface area contributed by atoms with E-state index in [1.165, 1.54) is 13.8 Å². The molecule has 19 atom stereocenters. The summed E-state index contributed by atoms with van der Waals surface area (Å²) in [6.07, 6.45) is -19.8. The van der Waals surface area contributed by atoms with Gasteiger partial charge in [-0.3, -0.25) is 0 Å². The highest BCUT2D eigenvalue weighted by atomic mass is 16.7. The lowest BCUT2D eigenvalue weighted by Crippen LogP contribution is -2.59. The summed E-state index contributed by atoms with van der Waals surface area (Å²) in [4.78, 5) is 0. The Labute approximate surface area is 505 Å². The van der Waals surface area contributed by atoms with E-state index in [2.05, 4.69) is 26.8 Å². The monoisotopic (exact) mass is 1250 g/mol. The van der Waals surface area contributed by atoms with E-state index in [9.17, 15) is 102 Å². The van der Waals surface area contributed by atoms with Gasteiger partial charge in [0, 0.05) is 69.9 Å². The van der Waals surface area contributed by atoms with Crippen molar-refractivity contribution in [3.8, 4) is 0 Å². The molecule has 5 rings (SSSR count). The minimum absolute atomic E-state index is 0.00504. The van der Waals surface area contributed by atoms with Crippen molar-refractivity contribution in [2.45, 2.75) is 224 Å². The minimum Gasteiger partial charge on any atom is -0.506 e. The van der Waals surface area contributed by atoms with Crippen LogP contribution in [-0.4, -0.2) is 231 Å². The molecule has 1 heterocycles. The van der Waals surface area contributed by atoms with E-state index < -0.39 is 225 Å². The minimum atomic E-state index is -2.57. The summed E-state index contributed by atoms with van der Waals surface area (Å²) >= 11 is 0. The molecule has 0 spiro atoms. The van der Waals surface area contributed by atoms with Crippen LogP contribution >= 0.6 is 0 Å². The van der Waals surface area contributed by atoms with Gasteiger partial charge in [-0.25, -0.2) is 0 Å². The first kappa shape index (κ1) is 73.5. The number of ether oxygens (including phenoxy) is 6. The standard InChI is InChI=1S/C59H98O28/c1-55(2)28-8-11-37-57(5,29(28)9-12-38(55)85-52(78)46(74)43(71)36(18-26-63)84-51(77)45(73)41(69)32(65)16-24-61)21-22-58(6)30(14-20-59(37,58)7)35-10-13-39(56(3,4)81)86-54(80)49(87-53(79)47(75)48(83-35)34(67)17-25-62)42(70)33(66)19-27-82-50(76)44(72)40(68)31(64)15-23-60/h8,29-39,50-54,60-81H,9-27H2,1-7H3/b44-40+,45-41-,46-43+,48-47+,49-42+/t29?,30-,31?,32?,33?,34?,35-,36?,37?,38+,39?,50?,51?,52?,53?,54?,57+,58-,59+/m1/s1. The third-order valence-corrected chi connectivity index (χ3v) is 19.5. The van der Waals surface area contributed by atoms with Crippen LogP contribution in [0.1, 0.15) is 138 Å². The van der Waals surface area contributed by atoms with Gasteiger partial charge in [-0.1, -0.05) is 46.3 Å². The zero-order valence-corrected chi connectivity index (χ0v) is 50.5. The van der Waals surface area contributed by atoms with Gasteiger partial charge in [0.25, 0.3) is 6.29 Å². The van der Waals surface area contributed by atoms with E-state index in [4.69, 9.17) is 38.6 Å². The summed E-state index contributed by atoms with van der Waals surface area (Å²) < 4.78 is 34.5. The summed E-state index contributed by atoms with van der Waals surface area (Å²) in [6.45, 7) is 10.3. The Hall–Kier alpha value is -4.28. The summed E-state index contributed by atoms with van der Waals surface area (Å²) in [6, 6.07) is 0. The first-order valence-corrected chi connectivity index (χ1v) is 29.7. The van der Waals surface area contributed by atoms with Crippen LogP contribution in [0.3, 0.4) is 0 Å². The molecule has 13 unspecified atom stereocenters. The van der Waals surface area contributed by atoms with Gasteiger partial charge in [0.2, 0.25) is 30.9 Å². The van der Waals surface area contributed by atoms with E-state index in [-0.39, 0.29) is 36.0 Å². The van der Waals surface area contributed by atoms with Crippen LogP contribution < -0.4 is 0 Å². The fourth-order valence-corrected chi connectivity index (χ4v) is 14.2. The van der Waals surface area contributed by atoms with Crippen LogP contribution in [0.2, 0.25) is 0 Å². The van der Waals surface area contributed by atoms with E-state index in [0.29, 0.717) is 44.9 Å². The molecule has 3 fully saturated rings. The SMILES string of the molecule is CC(C)(O)C1CC[C@H]([C@H]2CC[C@@]3(C)C4CC=C5C(CC[C@H](OC(O)/C(O)=C(\O)C(CCO)OC(O)/C(O)=C(/O)C(O)CCO)C5(C)C)[C@]4(C)CC[C@]23C)O/C(C(O)CCO)=C(/O)C(O)O/C(=C(/O)C(O)CCOC(O)/C(O)=C(\O)C(O)CCO)C(O)O1. The van der Waals surface area contributed by atoms with Crippen molar-refractivity contribution in [1.82, 2.24) is 0 Å².